The molecule has 0 heterocycles. The number of nitriles is 1. The highest BCUT2D eigenvalue weighted by molar-refractivity contribution is 5.97. The molecule has 0 amide bonds. The SMILES string of the molecule is COc1ccc(/C=C(/C#N)C(=O)OC(C)C)cc1. The summed E-state index contributed by atoms with van der Waals surface area (Å²) in [4.78, 5) is 11.6. The molecule has 0 saturated carbocycles. The largest absolute Gasteiger partial charge is 0.497 e. The van der Waals surface area contributed by atoms with Crippen molar-refractivity contribution in [1.29, 1.82) is 5.26 Å². The van der Waals surface area contributed by atoms with E-state index in [-0.39, 0.29) is 11.7 Å². The molecular weight excluding hydrogens is 230 g/mol. The fourth-order valence-corrected chi connectivity index (χ4v) is 1.28. The van der Waals surface area contributed by atoms with Crippen molar-refractivity contribution < 1.29 is 14.3 Å². The van der Waals surface area contributed by atoms with Gasteiger partial charge in [0, 0.05) is 0 Å². The molecule has 1 rings (SSSR count). The van der Waals surface area contributed by atoms with Crippen LogP contribution in [0.1, 0.15) is 19.4 Å². The topological polar surface area (TPSA) is 59.3 Å². The van der Waals surface area contributed by atoms with Crippen LogP contribution >= 0.6 is 0 Å². The van der Waals surface area contributed by atoms with Crippen LogP contribution in [0.15, 0.2) is 29.8 Å². The maximum Gasteiger partial charge on any atom is 0.349 e. The van der Waals surface area contributed by atoms with Crippen LogP contribution in [-0.2, 0) is 9.53 Å². The van der Waals surface area contributed by atoms with Crippen LogP contribution in [0.2, 0.25) is 0 Å². The summed E-state index contributed by atoms with van der Waals surface area (Å²) in [6, 6.07) is 8.88. The van der Waals surface area contributed by atoms with Crippen molar-refractivity contribution in [3.8, 4) is 11.8 Å². The summed E-state index contributed by atoms with van der Waals surface area (Å²) in [6.07, 6.45) is 1.24. The normalized spacial score (nSPS) is 10.9. The van der Waals surface area contributed by atoms with Gasteiger partial charge in [0.05, 0.1) is 13.2 Å². The molecule has 4 heteroatoms. The molecule has 0 radical (unpaired) electrons. The first-order valence-electron chi connectivity index (χ1n) is 5.53. The Hall–Kier alpha value is -2.28. The second kappa shape index (κ2) is 6.45. The highest BCUT2D eigenvalue weighted by atomic mass is 16.5. The van der Waals surface area contributed by atoms with Crippen molar-refractivity contribution in [3.63, 3.8) is 0 Å². The number of carbonyl (C=O) groups is 1. The number of hydrogen-bond acceptors (Lipinski definition) is 4. The first-order valence-corrected chi connectivity index (χ1v) is 5.53. The van der Waals surface area contributed by atoms with E-state index in [0.717, 1.165) is 11.3 Å². The third kappa shape index (κ3) is 3.95. The molecule has 0 atom stereocenters. The number of hydrogen-bond donors (Lipinski definition) is 0. The summed E-state index contributed by atoms with van der Waals surface area (Å²) in [5.41, 5.74) is 0.724. The molecule has 0 fully saturated rings. The van der Waals surface area contributed by atoms with Gasteiger partial charge in [-0.15, -0.1) is 0 Å². The van der Waals surface area contributed by atoms with Crippen LogP contribution in [0, 0.1) is 11.3 Å². The minimum absolute atomic E-state index is 0.0196. The number of carbonyl (C=O) groups excluding carboxylic acids is 1. The van der Waals surface area contributed by atoms with E-state index >= 15 is 0 Å². The standard InChI is InChI=1S/C14H15NO3/c1-10(2)18-14(16)12(9-15)8-11-4-6-13(17-3)7-5-11/h4-8,10H,1-3H3/b12-8-. The van der Waals surface area contributed by atoms with Gasteiger partial charge >= 0.3 is 5.97 Å². The molecule has 94 valence electrons. The Morgan fingerprint density at radius 3 is 2.39 bits per heavy atom. The van der Waals surface area contributed by atoms with E-state index in [2.05, 4.69) is 0 Å². The molecule has 0 aliphatic carbocycles. The number of rotatable bonds is 4. The Bertz CT molecular complexity index is 481. The quantitative estimate of drug-likeness (QED) is 0.464. The van der Waals surface area contributed by atoms with Crippen molar-refractivity contribution in [2.24, 2.45) is 0 Å². The Kier molecular flexibility index (Phi) is 4.94. The Labute approximate surface area is 106 Å². The number of ether oxygens (including phenoxy) is 2. The van der Waals surface area contributed by atoms with E-state index in [4.69, 9.17) is 14.7 Å². The van der Waals surface area contributed by atoms with Gasteiger partial charge < -0.3 is 9.47 Å². The maximum absolute atomic E-state index is 11.6. The van der Waals surface area contributed by atoms with Gasteiger partial charge in [-0.2, -0.15) is 5.26 Å². The third-order valence-electron chi connectivity index (χ3n) is 2.11. The molecular formula is C14H15NO3. The number of nitrogens with zero attached hydrogens (tertiary/aromatic N) is 1. The first kappa shape index (κ1) is 13.8. The monoisotopic (exact) mass is 245 g/mol. The predicted octanol–water partition coefficient (Wildman–Crippen LogP) is 2.55. The number of methoxy groups -OCH3 is 1. The van der Waals surface area contributed by atoms with Gasteiger partial charge in [0.15, 0.2) is 0 Å². The summed E-state index contributed by atoms with van der Waals surface area (Å²) >= 11 is 0. The summed E-state index contributed by atoms with van der Waals surface area (Å²) < 4.78 is 9.99. The van der Waals surface area contributed by atoms with Gasteiger partial charge in [-0.3, -0.25) is 0 Å². The molecule has 0 bridgehead atoms. The summed E-state index contributed by atoms with van der Waals surface area (Å²) in [6.45, 7) is 3.47. The van der Waals surface area contributed by atoms with E-state index in [1.165, 1.54) is 6.08 Å². The Morgan fingerprint density at radius 1 is 1.33 bits per heavy atom. The van der Waals surface area contributed by atoms with Crippen molar-refractivity contribution >= 4 is 12.0 Å². The average Bonchev–Trinajstić information content (AvgIpc) is 2.35. The minimum Gasteiger partial charge on any atom is -0.497 e. The average molecular weight is 245 g/mol. The van der Waals surface area contributed by atoms with Gasteiger partial charge in [0.25, 0.3) is 0 Å². The van der Waals surface area contributed by atoms with E-state index < -0.39 is 5.97 Å². The molecule has 1 aromatic carbocycles. The summed E-state index contributed by atoms with van der Waals surface area (Å²) in [5.74, 6) is 0.110. The van der Waals surface area contributed by atoms with Crippen molar-refractivity contribution in [2.45, 2.75) is 20.0 Å². The van der Waals surface area contributed by atoms with E-state index in [0.29, 0.717) is 0 Å². The van der Waals surface area contributed by atoms with Crippen LogP contribution < -0.4 is 4.74 Å². The zero-order valence-electron chi connectivity index (χ0n) is 10.6. The molecule has 0 aliphatic rings. The lowest BCUT2D eigenvalue weighted by molar-refractivity contribution is -0.142. The molecule has 0 N–H and O–H groups in total. The smallest absolute Gasteiger partial charge is 0.349 e. The molecule has 0 saturated heterocycles. The molecule has 1 aromatic rings. The second-order valence-electron chi connectivity index (χ2n) is 3.90. The molecule has 18 heavy (non-hydrogen) atoms. The molecule has 0 spiro atoms. The van der Waals surface area contributed by atoms with Gasteiger partial charge in [0.2, 0.25) is 0 Å². The predicted molar refractivity (Wildman–Crippen MR) is 67.8 cm³/mol. The maximum atomic E-state index is 11.6. The minimum atomic E-state index is -0.608. The van der Waals surface area contributed by atoms with E-state index in [1.807, 2.05) is 6.07 Å². The van der Waals surface area contributed by atoms with E-state index in [1.54, 1.807) is 45.2 Å². The number of esters is 1. The van der Waals surface area contributed by atoms with Crippen LogP contribution in [-0.4, -0.2) is 19.2 Å². The molecule has 4 nitrogen and oxygen atoms in total. The lowest BCUT2D eigenvalue weighted by Crippen LogP contribution is -2.12. The van der Waals surface area contributed by atoms with Gasteiger partial charge in [0.1, 0.15) is 17.4 Å². The van der Waals surface area contributed by atoms with Crippen LogP contribution in [0.25, 0.3) is 6.08 Å². The summed E-state index contributed by atoms with van der Waals surface area (Å²) in [5, 5.41) is 8.93. The van der Waals surface area contributed by atoms with Gasteiger partial charge in [-0.05, 0) is 37.6 Å². The van der Waals surface area contributed by atoms with E-state index in [9.17, 15) is 4.79 Å². The molecule has 0 unspecified atom stereocenters. The number of benzene rings is 1. The van der Waals surface area contributed by atoms with Crippen LogP contribution in [0.5, 0.6) is 5.75 Å². The second-order valence-corrected chi connectivity index (χ2v) is 3.90. The van der Waals surface area contributed by atoms with Gasteiger partial charge in [-0.1, -0.05) is 12.1 Å². The molecule has 0 aliphatic heterocycles. The lowest BCUT2D eigenvalue weighted by atomic mass is 10.1. The fourth-order valence-electron chi connectivity index (χ4n) is 1.28. The van der Waals surface area contributed by atoms with Crippen molar-refractivity contribution in [1.82, 2.24) is 0 Å². The first-order chi connectivity index (χ1) is 8.56. The molecule has 0 aromatic heterocycles. The lowest BCUT2D eigenvalue weighted by Gasteiger charge is -2.06. The zero-order valence-corrected chi connectivity index (χ0v) is 10.6. The fraction of sp³-hybridized carbons (Fsp3) is 0.286. The van der Waals surface area contributed by atoms with Gasteiger partial charge in [-0.25, -0.2) is 4.79 Å². The zero-order chi connectivity index (χ0) is 13.5. The summed E-state index contributed by atoms with van der Waals surface area (Å²) in [7, 11) is 1.57. The third-order valence-corrected chi connectivity index (χ3v) is 2.11. The van der Waals surface area contributed by atoms with Crippen LogP contribution in [0.3, 0.4) is 0 Å². The highest BCUT2D eigenvalue weighted by Gasteiger charge is 2.12. The Balaban J connectivity index is 2.90. The van der Waals surface area contributed by atoms with Crippen molar-refractivity contribution in [2.75, 3.05) is 7.11 Å². The Morgan fingerprint density at radius 2 is 1.94 bits per heavy atom. The van der Waals surface area contributed by atoms with Crippen LogP contribution in [0.4, 0.5) is 0 Å². The van der Waals surface area contributed by atoms with Crippen molar-refractivity contribution in [3.05, 3.63) is 35.4 Å². The highest BCUT2D eigenvalue weighted by Crippen LogP contribution is 2.14.